The molecule has 0 aliphatic carbocycles. The quantitative estimate of drug-likeness (QED) is 0.646. The summed E-state index contributed by atoms with van der Waals surface area (Å²) in [6.45, 7) is 9.22. The normalized spacial score (nSPS) is 13.6. The molecule has 96 valence electrons. The van der Waals surface area contributed by atoms with Crippen LogP contribution in [0.15, 0.2) is 0 Å². The predicted octanol–water partition coefficient (Wildman–Crippen LogP) is 1.73. The van der Waals surface area contributed by atoms with Crippen molar-refractivity contribution in [2.24, 2.45) is 0 Å². The highest BCUT2D eigenvalue weighted by molar-refractivity contribution is 5.70. The van der Waals surface area contributed by atoms with Crippen LogP contribution in [0.4, 0.5) is 0 Å². The second-order valence-corrected chi connectivity index (χ2v) is 4.60. The van der Waals surface area contributed by atoms with E-state index in [-0.39, 0.29) is 17.6 Å². The fourth-order valence-corrected chi connectivity index (χ4v) is 1.24. The van der Waals surface area contributed by atoms with E-state index in [1.54, 1.807) is 7.11 Å². The minimum absolute atomic E-state index is 0.152. The lowest BCUT2D eigenvalue weighted by Gasteiger charge is -2.22. The van der Waals surface area contributed by atoms with Crippen LogP contribution in [-0.4, -0.2) is 37.9 Å². The first kappa shape index (κ1) is 15.4. The van der Waals surface area contributed by atoms with Crippen molar-refractivity contribution in [3.63, 3.8) is 0 Å². The second-order valence-electron chi connectivity index (χ2n) is 4.60. The molecule has 0 aliphatic heterocycles. The Labute approximate surface area is 98.7 Å². The zero-order valence-electron chi connectivity index (χ0n) is 11.1. The number of hydrogen-bond acceptors (Lipinski definition) is 4. The van der Waals surface area contributed by atoms with Gasteiger partial charge in [0.25, 0.3) is 0 Å². The Hall–Kier alpha value is -0.610. The van der Waals surface area contributed by atoms with Gasteiger partial charge in [-0.15, -0.1) is 0 Å². The van der Waals surface area contributed by atoms with E-state index in [0.717, 1.165) is 6.54 Å². The molecule has 0 saturated carbocycles. The Balaban J connectivity index is 3.66. The molecule has 0 heterocycles. The largest absolute Gasteiger partial charge is 0.466 e. The van der Waals surface area contributed by atoms with Gasteiger partial charge in [-0.05, 0) is 27.3 Å². The minimum atomic E-state index is -0.229. The number of methoxy groups -OCH3 is 1. The van der Waals surface area contributed by atoms with Crippen LogP contribution < -0.4 is 5.32 Å². The van der Waals surface area contributed by atoms with Gasteiger partial charge >= 0.3 is 5.97 Å². The van der Waals surface area contributed by atoms with Crippen LogP contribution >= 0.6 is 0 Å². The summed E-state index contributed by atoms with van der Waals surface area (Å²) in [5.41, 5.74) is -0.229. The fraction of sp³-hybridized carbons (Fsp3) is 0.917. The lowest BCUT2D eigenvalue weighted by molar-refractivity contribution is -0.145. The van der Waals surface area contributed by atoms with E-state index in [1.807, 2.05) is 27.7 Å². The van der Waals surface area contributed by atoms with Crippen LogP contribution in [0.1, 0.15) is 40.5 Å². The Morgan fingerprint density at radius 1 is 1.44 bits per heavy atom. The van der Waals surface area contributed by atoms with Crippen LogP contribution in [0.3, 0.4) is 0 Å². The number of esters is 1. The van der Waals surface area contributed by atoms with Crippen LogP contribution in [-0.2, 0) is 14.3 Å². The van der Waals surface area contributed by atoms with Crippen LogP contribution in [0.5, 0.6) is 0 Å². The monoisotopic (exact) mass is 231 g/mol. The zero-order valence-corrected chi connectivity index (χ0v) is 11.1. The number of carbonyl (C=O) groups is 1. The van der Waals surface area contributed by atoms with Gasteiger partial charge in [0.05, 0.1) is 18.6 Å². The van der Waals surface area contributed by atoms with E-state index in [9.17, 15) is 4.79 Å². The third-order valence-electron chi connectivity index (χ3n) is 2.55. The molecule has 0 aromatic heterocycles. The maximum absolute atomic E-state index is 11.4. The third-order valence-corrected chi connectivity index (χ3v) is 2.55. The van der Waals surface area contributed by atoms with Crippen LogP contribution in [0.25, 0.3) is 0 Å². The zero-order chi connectivity index (χ0) is 12.6. The van der Waals surface area contributed by atoms with Crippen molar-refractivity contribution in [2.45, 2.75) is 52.2 Å². The van der Waals surface area contributed by atoms with Gasteiger partial charge in [-0.25, -0.2) is 0 Å². The molecule has 0 rings (SSSR count). The summed E-state index contributed by atoms with van der Waals surface area (Å²) < 4.78 is 10.4. The van der Waals surface area contributed by atoms with E-state index in [1.165, 1.54) is 0 Å². The van der Waals surface area contributed by atoms with E-state index in [2.05, 4.69) is 5.32 Å². The number of hydrogen-bond donors (Lipinski definition) is 1. The van der Waals surface area contributed by atoms with Gasteiger partial charge in [-0.3, -0.25) is 4.79 Å². The summed E-state index contributed by atoms with van der Waals surface area (Å²) in [5.74, 6) is -0.152. The van der Waals surface area contributed by atoms with Gasteiger partial charge in [-0.1, -0.05) is 6.92 Å². The van der Waals surface area contributed by atoms with E-state index >= 15 is 0 Å². The predicted molar refractivity (Wildman–Crippen MR) is 64.4 cm³/mol. The van der Waals surface area contributed by atoms with Crippen molar-refractivity contribution in [3.05, 3.63) is 0 Å². The summed E-state index contributed by atoms with van der Waals surface area (Å²) in [6.07, 6.45) is 1.13. The van der Waals surface area contributed by atoms with E-state index in [4.69, 9.17) is 9.47 Å². The maximum atomic E-state index is 11.4. The standard InChI is InChI=1S/C12H25NO3/c1-6-13-10(2)9-11(14)16-8-7-12(3,4)15-5/h10,13H,6-9H2,1-5H3. The smallest absolute Gasteiger partial charge is 0.307 e. The minimum Gasteiger partial charge on any atom is -0.466 e. The first-order valence-electron chi connectivity index (χ1n) is 5.85. The van der Waals surface area contributed by atoms with Gasteiger partial charge in [-0.2, -0.15) is 0 Å². The summed E-state index contributed by atoms with van der Waals surface area (Å²) in [4.78, 5) is 11.4. The second kappa shape index (κ2) is 7.63. The van der Waals surface area contributed by atoms with Crippen LogP contribution in [0.2, 0.25) is 0 Å². The highest BCUT2D eigenvalue weighted by atomic mass is 16.5. The van der Waals surface area contributed by atoms with Gasteiger partial charge in [0.1, 0.15) is 0 Å². The van der Waals surface area contributed by atoms with E-state index < -0.39 is 0 Å². The number of rotatable bonds is 8. The Kier molecular flexibility index (Phi) is 7.34. The van der Waals surface area contributed by atoms with Gasteiger partial charge in [0, 0.05) is 19.6 Å². The molecule has 0 aromatic carbocycles. The molecule has 16 heavy (non-hydrogen) atoms. The SMILES string of the molecule is CCNC(C)CC(=O)OCCC(C)(C)OC. The molecule has 0 spiro atoms. The first-order valence-corrected chi connectivity index (χ1v) is 5.85. The molecule has 1 unspecified atom stereocenters. The Morgan fingerprint density at radius 2 is 2.06 bits per heavy atom. The average Bonchev–Trinajstić information content (AvgIpc) is 2.17. The Bertz CT molecular complexity index is 204. The topological polar surface area (TPSA) is 47.6 Å². The van der Waals surface area contributed by atoms with E-state index in [0.29, 0.717) is 19.4 Å². The van der Waals surface area contributed by atoms with Crippen molar-refractivity contribution in [1.82, 2.24) is 5.32 Å². The number of carbonyl (C=O) groups excluding carboxylic acids is 1. The summed E-state index contributed by atoms with van der Waals surface area (Å²) in [7, 11) is 1.66. The molecule has 0 fully saturated rings. The third kappa shape index (κ3) is 7.65. The Morgan fingerprint density at radius 3 is 2.56 bits per heavy atom. The molecule has 1 N–H and O–H groups in total. The molecule has 0 radical (unpaired) electrons. The summed E-state index contributed by atoms with van der Waals surface area (Å²) in [6, 6.07) is 0.174. The highest BCUT2D eigenvalue weighted by Gasteiger charge is 2.17. The molecular weight excluding hydrogens is 206 g/mol. The molecule has 4 heteroatoms. The molecular formula is C12H25NO3. The molecule has 0 saturated heterocycles. The van der Waals surface area contributed by atoms with Gasteiger partial charge in [0.15, 0.2) is 0 Å². The highest BCUT2D eigenvalue weighted by Crippen LogP contribution is 2.12. The first-order chi connectivity index (χ1) is 7.41. The molecule has 4 nitrogen and oxygen atoms in total. The lowest BCUT2D eigenvalue weighted by atomic mass is 10.1. The van der Waals surface area contributed by atoms with Crippen molar-refractivity contribution in [1.29, 1.82) is 0 Å². The molecule has 0 aliphatic rings. The molecule has 0 aromatic rings. The molecule has 0 bridgehead atoms. The van der Waals surface area contributed by atoms with Crippen LogP contribution in [0, 0.1) is 0 Å². The average molecular weight is 231 g/mol. The fourth-order valence-electron chi connectivity index (χ4n) is 1.24. The summed E-state index contributed by atoms with van der Waals surface area (Å²) in [5, 5.41) is 3.17. The van der Waals surface area contributed by atoms with Gasteiger partial charge < -0.3 is 14.8 Å². The van der Waals surface area contributed by atoms with Crippen molar-refractivity contribution in [2.75, 3.05) is 20.3 Å². The molecule has 1 atom stereocenters. The van der Waals surface area contributed by atoms with Crippen molar-refractivity contribution in [3.8, 4) is 0 Å². The number of ether oxygens (including phenoxy) is 2. The number of nitrogens with one attached hydrogen (secondary N) is 1. The lowest BCUT2D eigenvalue weighted by Crippen LogP contribution is -2.30. The van der Waals surface area contributed by atoms with Crippen molar-refractivity contribution < 1.29 is 14.3 Å². The van der Waals surface area contributed by atoms with Gasteiger partial charge in [0.2, 0.25) is 0 Å². The van der Waals surface area contributed by atoms with Crippen molar-refractivity contribution >= 4 is 5.97 Å². The molecule has 0 amide bonds. The summed E-state index contributed by atoms with van der Waals surface area (Å²) >= 11 is 0. The maximum Gasteiger partial charge on any atom is 0.307 e.